The minimum Gasteiger partial charge on any atom is -0.186 e. The Kier molecular flexibility index (Phi) is 6.87. The van der Waals surface area contributed by atoms with Crippen LogP contribution in [0, 0.1) is 5.41 Å². The van der Waals surface area contributed by atoms with Crippen molar-refractivity contribution in [3.05, 3.63) is 0 Å². The van der Waals surface area contributed by atoms with Crippen LogP contribution in [0.3, 0.4) is 0 Å². The minimum atomic E-state index is 0.250. The summed E-state index contributed by atoms with van der Waals surface area (Å²) in [7, 11) is 0. The maximum atomic E-state index is 8.12. The topological polar surface area (TPSA) is 34.1 Å². The molecular weight excluding hydrogens is 116 g/mol. The smallest absolute Gasteiger partial charge is 0.186 e. The number of rotatable bonds is 0. The predicted molar refractivity (Wildman–Crippen MR) is 34.8 cm³/mol. The molecule has 0 aliphatic rings. The summed E-state index contributed by atoms with van der Waals surface area (Å²) in [4.78, 5) is 16.2. The Labute approximate surface area is 56.3 Å². The lowest BCUT2D eigenvalue weighted by molar-refractivity contribution is -0.191. The van der Waals surface area contributed by atoms with Crippen LogP contribution in [0.1, 0.15) is 34.1 Å². The van der Waals surface area contributed by atoms with E-state index in [-0.39, 0.29) is 6.15 Å². The van der Waals surface area contributed by atoms with E-state index in [1.165, 1.54) is 6.42 Å². The summed E-state index contributed by atoms with van der Waals surface area (Å²) < 4.78 is 0. The highest BCUT2D eigenvalue weighted by Crippen LogP contribution is 2.16. The predicted octanol–water partition coefficient (Wildman–Crippen LogP) is 1.86. The fraction of sp³-hybridized carbons (Fsp3) is 0.857. The fourth-order valence-corrected chi connectivity index (χ4v) is 0. The van der Waals surface area contributed by atoms with Gasteiger partial charge in [-0.25, -0.2) is 0 Å². The monoisotopic (exact) mass is 130 g/mol. The lowest BCUT2D eigenvalue weighted by Crippen LogP contribution is -2.00. The van der Waals surface area contributed by atoms with E-state index in [0.717, 1.165) is 0 Å². The van der Waals surface area contributed by atoms with Gasteiger partial charge in [0, 0.05) is 0 Å². The van der Waals surface area contributed by atoms with Gasteiger partial charge in [0.25, 0.3) is 0 Å². The van der Waals surface area contributed by atoms with E-state index in [1.54, 1.807) is 0 Å². The van der Waals surface area contributed by atoms with Crippen LogP contribution in [0.5, 0.6) is 0 Å². The molecule has 54 valence electrons. The normalized spacial score (nSPS) is 8.89. The van der Waals surface area contributed by atoms with Gasteiger partial charge in [0.05, 0.1) is 0 Å². The zero-order chi connectivity index (χ0) is 7.91. The van der Waals surface area contributed by atoms with Crippen molar-refractivity contribution in [2.24, 2.45) is 5.41 Å². The number of hydrogen-bond acceptors (Lipinski definition) is 2. The first-order chi connectivity index (χ1) is 3.97. The summed E-state index contributed by atoms with van der Waals surface area (Å²) in [5, 5.41) is 0. The molecule has 0 aromatic carbocycles. The van der Waals surface area contributed by atoms with Gasteiger partial charge in [-0.2, -0.15) is 9.59 Å². The molecule has 0 aromatic heterocycles. The summed E-state index contributed by atoms with van der Waals surface area (Å²) in [6.45, 7) is 8.94. The summed E-state index contributed by atoms with van der Waals surface area (Å²) in [5.74, 6) is 0. The summed E-state index contributed by atoms with van der Waals surface area (Å²) in [6, 6.07) is 0. The first kappa shape index (κ1) is 11.2. The van der Waals surface area contributed by atoms with Crippen molar-refractivity contribution >= 4 is 6.15 Å². The molecular formula is C7H14O2. The highest BCUT2D eigenvalue weighted by atomic mass is 16.2. The summed E-state index contributed by atoms with van der Waals surface area (Å²) in [5.41, 5.74) is 0.542. The van der Waals surface area contributed by atoms with E-state index in [2.05, 4.69) is 27.7 Å². The maximum absolute atomic E-state index is 8.12. The lowest BCUT2D eigenvalue weighted by Gasteiger charge is -2.12. The molecule has 0 fully saturated rings. The van der Waals surface area contributed by atoms with E-state index >= 15 is 0 Å². The Balaban J connectivity index is 0. The molecule has 0 saturated carbocycles. The second kappa shape index (κ2) is 5.52. The molecule has 9 heavy (non-hydrogen) atoms. The molecule has 2 heteroatoms. The van der Waals surface area contributed by atoms with Gasteiger partial charge < -0.3 is 0 Å². The quantitative estimate of drug-likeness (QED) is 0.501. The molecule has 0 unspecified atom stereocenters. The van der Waals surface area contributed by atoms with E-state index in [0.29, 0.717) is 5.41 Å². The summed E-state index contributed by atoms with van der Waals surface area (Å²) >= 11 is 0. The second-order valence-electron chi connectivity index (χ2n) is 3.00. The van der Waals surface area contributed by atoms with Gasteiger partial charge in [-0.3, -0.25) is 0 Å². The molecule has 2 nitrogen and oxygen atoms in total. The van der Waals surface area contributed by atoms with Gasteiger partial charge in [-0.1, -0.05) is 34.1 Å². The van der Waals surface area contributed by atoms with Gasteiger partial charge in [0.15, 0.2) is 0 Å². The zero-order valence-electron chi connectivity index (χ0n) is 6.52. The van der Waals surface area contributed by atoms with Crippen molar-refractivity contribution in [3.63, 3.8) is 0 Å². The zero-order valence-corrected chi connectivity index (χ0v) is 6.52. The van der Waals surface area contributed by atoms with Crippen LogP contribution < -0.4 is 0 Å². The highest BCUT2D eigenvalue weighted by molar-refractivity contribution is 5.20. The average Bonchev–Trinajstić information content (AvgIpc) is 1.67. The molecule has 0 amide bonds. The Morgan fingerprint density at radius 1 is 1.22 bits per heavy atom. The molecule has 0 aromatic rings. The Hall–Kier alpha value is -0.620. The molecule has 0 saturated heterocycles. The van der Waals surface area contributed by atoms with E-state index in [4.69, 9.17) is 9.59 Å². The van der Waals surface area contributed by atoms with Crippen molar-refractivity contribution in [2.75, 3.05) is 0 Å². The molecule has 0 N–H and O–H groups in total. The Morgan fingerprint density at radius 3 is 1.33 bits per heavy atom. The molecule has 0 bridgehead atoms. The van der Waals surface area contributed by atoms with Crippen LogP contribution in [0.4, 0.5) is 0 Å². The van der Waals surface area contributed by atoms with E-state index < -0.39 is 0 Å². The summed E-state index contributed by atoms with van der Waals surface area (Å²) in [6.07, 6.45) is 1.52. The Bertz CT molecular complexity index is 83.6. The largest absolute Gasteiger partial charge is 0.373 e. The van der Waals surface area contributed by atoms with Crippen molar-refractivity contribution in [1.82, 2.24) is 0 Å². The van der Waals surface area contributed by atoms with Crippen LogP contribution in [0.15, 0.2) is 0 Å². The lowest BCUT2D eigenvalue weighted by atomic mass is 9.94. The fourth-order valence-electron chi connectivity index (χ4n) is 0. The molecule has 0 heterocycles. The van der Waals surface area contributed by atoms with Crippen LogP contribution in [0.2, 0.25) is 0 Å². The van der Waals surface area contributed by atoms with Gasteiger partial charge in [0.2, 0.25) is 0 Å². The van der Waals surface area contributed by atoms with Crippen molar-refractivity contribution in [2.45, 2.75) is 34.1 Å². The van der Waals surface area contributed by atoms with Gasteiger partial charge >= 0.3 is 6.15 Å². The third-order valence-corrected chi connectivity index (χ3v) is 1.06. The molecule has 0 spiro atoms. The van der Waals surface area contributed by atoms with Gasteiger partial charge in [-0.15, -0.1) is 0 Å². The molecule has 0 aliphatic heterocycles. The first-order valence-electron chi connectivity index (χ1n) is 2.97. The first-order valence-corrected chi connectivity index (χ1v) is 2.97. The SMILES string of the molecule is CCC(C)(C)C.O=C=O. The molecule has 0 rings (SSSR count). The minimum absolute atomic E-state index is 0.250. The van der Waals surface area contributed by atoms with Gasteiger partial charge in [0.1, 0.15) is 0 Å². The standard InChI is InChI=1S/C6H14.CO2/c1-5-6(2,3)4;2-1-3/h5H2,1-4H3;. The Morgan fingerprint density at radius 2 is 1.33 bits per heavy atom. The van der Waals surface area contributed by atoms with Crippen molar-refractivity contribution in [3.8, 4) is 0 Å². The average molecular weight is 130 g/mol. The number of hydrogen-bond donors (Lipinski definition) is 0. The molecule has 0 atom stereocenters. The van der Waals surface area contributed by atoms with Crippen molar-refractivity contribution in [1.29, 1.82) is 0 Å². The number of carbonyl (C=O) groups excluding carboxylic acids is 2. The maximum Gasteiger partial charge on any atom is 0.373 e. The van der Waals surface area contributed by atoms with Gasteiger partial charge in [-0.05, 0) is 5.41 Å². The van der Waals surface area contributed by atoms with E-state index in [1.807, 2.05) is 0 Å². The van der Waals surface area contributed by atoms with Crippen LogP contribution in [-0.2, 0) is 9.59 Å². The van der Waals surface area contributed by atoms with E-state index in [9.17, 15) is 0 Å². The second-order valence-corrected chi connectivity index (χ2v) is 3.00. The molecule has 0 aliphatic carbocycles. The van der Waals surface area contributed by atoms with Crippen LogP contribution in [-0.4, -0.2) is 6.15 Å². The van der Waals surface area contributed by atoms with Crippen molar-refractivity contribution < 1.29 is 9.59 Å². The highest BCUT2D eigenvalue weighted by Gasteiger charge is 2.03. The third-order valence-electron chi connectivity index (χ3n) is 1.06. The molecule has 0 radical (unpaired) electrons. The third kappa shape index (κ3) is 37.7. The van der Waals surface area contributed by atoms with Crippen LogP contribution >= 0.6 is 0 Å². The van der Waals surface area contributed by atoms with Crippen LogP contribution in [0.25, 0.3) is 0 Å².